The second-order valence-corrected chi connectivity index (χ2v) is 7.23. The summed E-state index contributed by atoms with van der Waals surface area (Å²) in [5.74, 6) is 2.38. The fraction of sp³-hybridized carbons (Fsp3) is 0.458. The van der Waals surface area contributed by atoms with Gasteiger partial charge in [-0.3, -0.25) is 0 Å². The molecule has 28 heavy (non-hydrogen) atoms. The van der Waals surface area contributed by atoms with Gasteiger partial charge in [0.2, 0.25) is 0 Å². The first kappa shape index (κ1) is 21.8. The molecule has 0 amide bonds. The fourth-order valence-electron chi connectivity index (χ4n) is 2.58. The molecule has 0 aromatic heterocycles. The first-order valence-electron chi connectivity index (χ1n) is 10.2. The molecule has 0 saturated heterocycles. The van der Waals surface area contributed by atoms with Gasteiger partial charge in [0.15, 0.2) is 0 Å². The summed E-state index contributed by atoms with van der Waals surface area (Å²) in [6, 6.07) is 14.2. The highest BCUT2D eigenvalue weighted by Gasteiger charge is 2.10. The largest absolute Gasteiger partial charge is 0.494 e. The normalized spacial score (nSPS) is 12.9. The highest BCUT2D eigenvalue weighted by atomic mass is 16.5. The van der Waals surface area contributed by atoms with Crippen LogP contribution in [0.15, 0.2) is 48.5 Å². The van der Waals surface area contributed by atoms with Crippen LogP contribution in [0.3, 0.4) is 0 Å². The Hall–Kier alpha value is -2.49. The number of carbonyl (C=O) groups is 1. The van der Waals surface area contributed by atoms with Gasteiger partial charge in [0.05, 0.1) is 18.3 Å². The molecule has 2 aromatic rings. The number of esters is 1. The Morgan fingerprint density at radius 3 is 2.07 bits per heavy atom. The highest BCUT2D eigenvalue weighted by molar-refractivity contribution is 5.91. The van der Waals surface area contributed by atoms with E-state index in [1.807, 2.05) is 19.1 Å². The first-order valence-corrected chi connectivity index (χ1v) is 10.2. The number of benzene rings is 2. The lowest BCUT2D eigenvalue weighted by atomic mass is 10.0. The van der Waals surface area contributed by atoms with Crippen molar-refractivity contribution in [2.24, 2.45) is 5.92 Å². The van der Waals surface area contributed by atoms with E-state index in [0.29, 0.717) is 17.9 Å². The third-order valence-corrected chi connectivity index (χ3v) is 4.84. The van der Waals surface area contributed by atoms with Crippen LogP contribution in [0.5, 0.6) is 17.2 Å². The molecule has 0 aliphatic rings. The molecule has 0 N–H and O–H groups in total. The molecule has 0 aliphatic heterocycles. The zero-order chi connectivity index (χ0) is 20.4. The van der Waals surface area contributed by atoms with Crippen molar-refractivity contribution in [3.8, 4) is 17.2 Å². The molecule has 2 aromatic carbocycles. The summed E-state index contributed by atoms with van der Waals surface area (Å²) in [5.41, 5.74) is 0.488. The SMILES string of the molecule is CC[C@H](C)CCCOc1ccc(OC(=O)c2ccc(O[C@H](C)CC)cc2)cc1. The second kappa shape index (κ2) is 11.4. The molecule has 2 rings (SSSR count). The van der Waals surface area contributed by atoms with E-state index in [1.54, 1.807) is 36.4 Å². The Labute approximate surface area is 168 Å². The van der Waals surface area contributed by atoms with E-state index in [0.717, 1.165) is 30.3 Å². The number of hydrogen-bond donors (Lipinski definition) is 0. The maximum absolute atomic E-state index is 12.3. The standard InChI is InChI=1S/C24H32O4/c1-5-18(3)8-7-17-26-21-13-15-23(16-14-21)28-24(25)20-9-11-22(12-10-20)27-19(4)6-2/h9-16,18-19H,5-8,17H2,1-4H3/t18-,19+/m0/s1. The Balaban J connectivity index is 1.82. The zero-order valence-electron chi connectivity index (χ0n) is 17.4. The lowest BCUT2D eigenvalue weighted by Gasteiger charge is -2.12. The molecule has 0 saturated carbocycles. The molecule has 0 radical (unpaired) electrons. The maximum Gasteiger partial charge on any atom is 0.343 e. The van der Waals surface area contributed by atoms with Crippen LogP contribution in [-0.4, -0.2) is 18.7 Å². The van der Waals surface area contributed by atoms with Crippen molar-refractivity contribution in [1.82, 2.24) is 0 Å². The van der Waals surface area contributed by atoms with Gasteiger partial charge in [0.1, 0.15) is 17.2 Å². The molecule has 0 spiro atoms. The van der Waals surface area contributed by atoms with Gasteiger partial charge in [-0.15, -0.1) is 0 Å². The van der Waals surface area contributed by atoms with Gasteiger partial charge in [0, 0.05) is 0 Å². The Kier molecular flexibility index (Phi) is 8.86. The van der Waals surface area contributed by atoms with Crippen LogP contribution >= 0.6 is 0 Å². The molecule has 0 unspecified atom stereocenters. The summed E-state index contributed by atoms with van der Waals surface area (Å²) in [6.45, 7) is 9.26. The number of rotatable bonds is 11. The minimum absolute atomic E-state index is 0.147. The van der Waals surface area contributed by atoms with Crippen molar-refractivity contribution in [2.45, 2.75) is 59.5 Å². The molecule has 4 nitrogen and oxygen atoms in total. The predicted molar refractivity (Wildman–Crippen MR) is 112 cm³/mol. The van der Waals surface area contributed by atoms with Crippen molar-refractivity contribution in [3.05, 3.63) is 54.1 Å². The Morgan fingerprint density at radius 1 is 0.857 bits per heavy atom. The van der Waals surface area contributed by atoms with Crippen molar-refractivity contribution < 1.29 is 19.0 Å². The number of ether oxygens (including phenoxy) is 3. The van der Waals surface area contributed by atoms with E-state index in [9.17, 15) is 4.79 Å². The fourth-order valence-corrected chi connectivity index (χ4v) is 2.58. The van der Waals surface area contributed by atoms with Crippen molar-refractivity contribution in [2.75, 3.05) is 6.61 Å². The third kappa shape index (κ3) is 7.26. The van der Waals surface area contributed by atoms with Gasteiger partial charge in [-0.05, 0) is 80.6 Å². The molecule has 0 aliphatic carbocycles. The highest BCUT2D eigenvalue weighted by Crippen LogP contribution is 2.21. The summed E-state index contributed by atoms with van der Waals surface area (Å²) in [5, 5.41) is 0. The van der Waals surface area contributed by atoms with Crippen molar-refractivity contribution in [3.63, 3.8) is 0 Å². The summed E-state index contributed by atoms with van der Waals surface area (Å²) in [7, 11) is 0. The van der Waals surface area contributed by atoms with Crippen LogP contribution < -0.4 is 14.2 Å². The third-order valence-electron chi connectivity index (χ3n) is 4.84. The van der Waals surface area contributed by atoms with E-state index >= 15 is 0 Å². The quantitative estimate of drug-likeness (QED) is 0.259. The molecular formula is C24H32O4. The Morgan fingerprint density at radius 2 is 1.46 bits per heavy atom. The molecule has 0 fully saturated rings. The average Bonchev–Trinajstić information content (AvgIpc) is 2.72. The number of hydrogen-bond acceptors (Lipinski definition) is 4. The van der Waals surface area contributed by atoms with E-state index in [2.05, 4.69) is 20.8 Å². The second-order valence-electron chi connectivity index (χ2n) is 7.23. The van der Waals surface area contributed by atoms with Crippen molar-refractivity contribution >= 4 is 5.97 Å². The van der Waals surface area contributed by atoms with Crippen LogP contribution in [0.2, 0.25) is 0 Å². The average molecular weight is 385 g/mol. The first-order chi connectivity index (χ1) is 13.5. The topological polar surface area (TPSA) is 44.8 Å². The van der Waals surface area contributed by atoms with Crippen LogP contribution in [-0.2, 0) is 0 Å². The predicted octanol–water partition coefficient (Wildman–Crippen LogP) is 6.29. The van der Waals surface area contributed by atoms with Crippen LogP contribution in [0.4, 0.5) is 0 Å². The van der Waals surface area contributed by atoms with Gasteiger partial charge < -0.3 is 14.2 Å². The summed E-state index contributed by atoms with van der Waals surface area (Å²) in [4.78, 5) is 12.3. The smallest absolute Gasteiger partial charge is 0.343 e. The van der Waals surface area contributed by atoms with E-state index < -0.39 is 5.97 Å². The molecule has 152 valence electrons. The maximum atomic E-state index is 12.3. The Bertz CT molecular complexity index is 706. The molecule has 0 bridgehead atoms. The van der Waals surface area contributed by atoms with Gasteiger partial charge in [-0.2, -0.15) is 0 Å². The van der Waals surface area contributed by atoms with Gasteiger partial charge in [-0.1, -0.05) is 27.2 Å². The van der Waals surface area contributed by atoms with Gasteiger partial charge >= 0.3 is 5.97 Å². The van der Waals surface area contributed by atoms with Crippen molar-refractivity contribution in [1.29, 1.82) is 0 Å². The van der Waals surface area contributed by atoms with Crippen LogP contribution in [0.1, 0.15) is 63.7 Å². The number of carbonyl (C=O) groups excluding carboxylic acids is 1. The minimum atomic E-state index is -0.391. The lowest BCUT2D eigenvalue weighted by molar-refractivity contribution is 0.0734. The van der Waals surface area contributed by atoms with Gasteiger partial charge in [0.25, 0.3) is 0 Å². The van der Waals surface area contributed by atoms with E-state index in [4.69, 9.17) is 14.2 Å². The molecule has 0 heterocycles. The monoisotopic (exact) mass is 384 g/mol. The lowest BCUT2D eigenvalue weighted by Crippen LogP contribution is -2.11. The minimum Gasteiger partial charge on any atom is -0.494 e. The van der Waals surface area contributed by atoms with E-state index in [-0.39, 0.29) is 6.10 Å². The summed E-state index contributed by atoms with van der Waals surface area (Å²) >= 11 is 0. The zero-order valence-corrected chi connectivity index (χ0v) is 17.4. The molecule has 4 heteroatoms. The molecular weight excluding hydrogens is 352 g/mol. The summed E-state index contributed by atoms with van der Waals surface area (Å²) in [6.07, 6.45) is 4.50. The van der Waals surface area contributed by atoms with E-state index in [1.165, 1.54) is 12.8 Å². The van der Waals surface area contributed by atoms with Gasteiger partial charge in [-0.25, -0.2) is 4.79 Å². The summed E-state index contributed by atoms with van der Waals surface area (Å²) < 4.78 is 16.9. The molecule has 2 atom stereocenters. The van der Waals surface area contributed by atoms with Crippen LogP contribution in [0, 0.1) is 5.92 Å². The van der Waals surface area contributed by atoms with Crippen LogP contribution in [0.25, 0.3) is 0 Å².